The molecule has 0 unspecified atom stereocenters. The summed E-state index contributed by atoms with van der Waals surface area (Å²) in [6.07, 6.45) is 5.16. The monoisotopic (exact) mass is 290 g/mol. The molecule has 0 bridgehead atoms. The second-order valence-electron chi connectivity index (χ2n) is 5.82. The van der Waals surface area contributed by atoms with Crippen LogP contribution in [0.3, 0.4) is 0 Å². The number of hydrogen-bond donors (Lipinski definition) is 1. The van der Waals surface area contributed by atoms with Gasteiger partial charge in [0.15, 0.2) is 0 Å². The van der Waals surface area contributed by atoms with Gasteiger partial charge in [0.1, 0.15) is 0 Å². The van der Waals surface area contributed by atoms with Crippen LogP contribution in [0, 0.1) is 0 Å². The summed E-state index contributed by atoms with van der Waals surface area (Å²) in [7, 11) is 0. The summed E-state index contributed by atoms with van der Waals surface area (Å²) in [6.45, 7) is 5.77. The van der Waals surface area contributed by atoms with Crippen LogP contribution in [0.4, 0.5) is 0 Å². The van der Waals surface area contributed by atoms with Crippen molar-refractivity contribution < 1.29 is 0 Å². The van der Waals surface area contributed by atoms with E-state index >= 15 is 0 Å². The average Bonchev–Trinajstić information content (AvgIpc) is 2.50. The molecule has 1 fully saturated rings. The largest absolute Gasteiger partial charge is 0.314 e. The summed E-state index contributed by atoms with van der Waals surface area (Å²) >= 11 is 6.01. The van der Waals surface area contributed by atoms with Crippen molar-refractivity contribution >= 4 is 17.2 Å². The van der Waals surface area contributed by atoms with E-state index in [-0.39, 0.29) is 0 Å². The van der Waals surface area contributed by atoms with Crippen LogP contribution >= 0.6 is 11.6 Å². The zero-order chi connectivity index (χ0) is 13.8. The Morgan fingerprint density at radius 2 is 1.70 bits per heavy atom. The normalized spacial score (nSPS) is 21.2. The molecule has 0 atom stereocenters. The van der Waals surface area contributed by atoms with Gasteiger partial charge in [0, 0.05) is 37.7 Å². The van der Waals surface area contributed by atoms with Gasteiger partial charge in [-0.3, -0.25) is 4.90 Å². The zero-order valence-corrected chi connectivity index (χ0v) is 12.8. The van der Waals surface area contributed by atoms with Gasteiger partial charge in [-0.05, 0) is 49.0 Å². The number of benzene rings is 1. The molecular formula is C17H23ClN2. The first-order valence-electron chi connectivity index (χ1n) is 7.73. The van der Waals surface area contributed by atoms with Crippen LogP contribution in [0.5, 0.6) is 0 Å². The Hall–Kier alpha value is -0.830. The molecule has 0 radical (unpaired) electrons. The Bertz CT molecular complexity index is 472. The third-order valence-electron chi connectivity index (χ3n) is 4.40. The predicted molar refractivity (Wildman–Crippen MR) is 86.1 cm³/mol. The van der Waals surface area contributed by atoms with E-state index < -0.39 is 0 Å². The number of hydrogen-bond acceptors (Lipinski definition) is 2. The van der Waals surface area contributed by atoms with Crippen molar-refractivity contribution in [2.24, 2.45) is 0 Å². The molecule has 1 aromatic rings. The molecule has 2 nitrogen and oxygen atoms in total. The summed E-state index contributed by atoms with van der Waals surface area (Å²) in [5, 5.41) is 4.26. The molecule has 1 saturated heterocycles. The smallest absolute Gasteiger partial charge is 0.0406 e. The lowest BCUT2D eigenvalue weighted by Gasteiger charge is -2.31. The number of allylic oxidation sites excluding steroid dienone is 1. The number of rotatable bonds is 3. The molecule has 1 N–H and O–H groups in total. The number of nitrogens with zero attached hydrogens (tertiary/aromatic N) is 1. The van der Waals surface area contributed by atoms with Crippen LogP contribution in [0.2, 0.25) is 5.02 Å². The fraction of sp³-hybridized carbons (Fsp3) is 0.529. The topological polar surface area (TPSA) is 15.3 Å². The highest BCUT2D eigenvalue weighted by molar-refractivity contribution is 6.30. The van der Waals surface area contributed by atoms with E-state index in [1.54, 1.807) is 11.1 Å². The van der Waals surface area contributed by atoms with E-state index in [1.165, 1.54) is 44.3 Å². The molecule has 0 saturated carbocycles. The van der Waals surface area contributed by atoms with E-state index in [0.717, 1.165) is 24.7 Å². The standard InChI is InChI=1S/C17H23ClN2/c18-16-7-5-14(6-8-16)17-4-2-1-3-15(17)13-20-11-9-19-10-12-20/h5-8,19H,1-4,9-13H2. The molecule has 20 heavy (non-hydrogen) atoms. The van der Waals surface area contributed by atoms with Crippen molar-refractivity contribution in [1.82, 2.24) is 10.2 Å². The fourth-order valence-electron chi connectivity index (χ4n) is 3.28. The summed E-state index contributed by atoms with van der Waals surface area (Å²) in [6, 6.07) is 8.39. The Morgan fingerprint density at radius 1 is 1.00 bits per heavy atom. The maximum Gasteiger partial charge on any atom is 0.0406 e. The lowest BCUT2D eigenvalue weighted by Crippen LogP contribution is -2.44. The van der Waals surface area contributed by atoms with Crippen molar-refractivity contribution in [3.8, 4) is 0 Å². The van der Waals surface area contributed by atoms with Crippen molar-refractivity contribution in [1.29, 1.82) is 0 Å². The van der Waals surface area contributed by atoms with Gasteiger partial charge >= 0.3 is 0 Å². The first kappa shape index (κ1) is 14.1. The van der Waals surface area contributed by atoms with Crippen LogP contribution in [0.25, 0.3) is 5.57 Å². The van der Waals surface area contributed by atoms with Gasteiger partial charge in [0.2, 0.25) is 0 Å². The second kappa shape index (κ2) is 6.75. The molecule has 1 aliphatic heterocycles. The maximum atomic E-state index is 6.01. The minimum Gasteiger partial charge on any atom is -0.314 e. The minimum absolute atomic E-state index is 0.828. The fourth-order valence-corrected chi connectivity index (χ4v) is 3.41. The van der Waals surface area contributed by atoms with Gasteiger partial charge in [0.25, 0.3) is 0 Å². The molecule has 0 aromatic heterocycles. The van der Waals surface area contributed by atoms with E-state index in [2.05, 4.69) is 22.3 Å². The molecule has 1 aliphatic carbocycles. The van der Waals surface area contributed by atoms with Crippen LogP contribution in [0.15, 0.2) is 29.8 Å². The van der Waals surface area contributed by atoms with Crippen molar-refractivity contribution in [2.45, 2.75) is 25.7 Å². The Kier molecular flexibility index (Phi) is 4.77. The predicted octanol–water partition coefficient (Wildman–Crippen LogP) is 3.57. The number of halogens is 1. The highest BCUT2D eigenvalue weighted by Crippen LogP contribution is 2.33. The van der Waals surface area contributed by atoms with E-state index in [0.29, 0.717) is 0 Å². The van der Waals surface area contributed by atoms with Gasteiger partial charge in [-0.25, -0.2) is 0 Å². The molecule has 3 rings (SSSR count). The van der Waals surface area contributed by atoms with Crippen molar-refractivity contribution in [2.75, 3.05) is 32.7 Å². The molecule has 3 heteroatoms. The average molecular weight is 291 g/mol. The van der Waals surface area contributed by atoms with Crippen molar-refractivity contribution in [3.63, 3.8) is 0 Å². The van der Waals surface area contributed by atoms with E-state index in [9.17, 15) is 0 Å². The zero-order valence-electron chi connectivity index (χ0n) is 12.0. The summed E-state index contributed by atoms with van der Waals surface area (Å²) in [4.78, 5) is 2.59. The molecule has 1 heterocycles. The maximum absolute atomic E-state index is 6.01. The van der Waals surface area contributed by atoms with E-state index in [4.69, 9.17) is 11.6 Å². The molecule has 2 aliphatic rings. The summed E-state index contributed by atoms with van der Waals surface area (Å²) in [5.74, 6) is 0. The second-order valence-corrected chi connectivity index (χ2v) is 6.26. The van der Waals surface area contributed by atoms with Gasteiger partial charge in [-0.2, -0.15) is 0 Å². The Morgan fingerprint density at radius 3 is 2.45 bits per heavy atom. The van der Waals surface area contributed by atoms with Crippen LogP contribution in [-0.2, 0) is 0 Å². The highest BCUT2D eigenvalue weighted by atomic mass is 35.5. The Balaban J connectivity index is 1.80. The molecule has 1 aromatic carbocycles. The molecular weight excluding hydrogens is 268 g/mol. The lowest BCUT2D eigenvalue weighted by molar-refractivity contribution is 0.257. The first-order valence-corrected chi connectivity index (χ1v) is 8.10. The quantitative estimate of drug-likeness (QED) is 0.915. The highest BCUT2D eigenvalue weighted by Gasteiger charge is 2.18. The van der Waals surface area contributed by atoms with Crippen LogP contribution in [-0.4, -0.2) is 37.6 Å². The van der Waals surface area contributed by atoms with Crippen LogP contribution in [0.1, 0.15) is 31.2 Å². The summed E-state index contributed by atoms with van der Waals surface area (Å²) in [5.41, 5.74) is 4.60. The molecule has 0 amide bonds. The Labute approximate surface area is 126 Å². The summed E-state index contributed by atoms with van der Waals surface area (Å²) < 4.78 is 0. The number of nitrogens with one attached hydrogen (secondary N) is 1. The number of piperazine rings is 1. The van der Waals surface area contributed by atoms with Gasteiger partial charge in [0.05, 0.1) is 0 Å². The van der Waals surface area contributed by atoms with Gasteiger partial charge < -0.3 is 5.32 Å². The van der Waals surface area contributed by atoms with Crippen LogP contribution < -0.4 is 5.32 Å². The van der Waals surface area contributed by atoms with Gasteiger partial charge in [-0.15, -0.1) is 0 Å². The third kappa shape index (κ3) is 3.43. The third-order valence-corrected chi connectivity index (χ3v) is 4.65. The van der Waals surface area contributed by atoms with E-state index in [1.807, 2.05) is 12.1 Å². The van der Waals surface area contributed by atoms with Gasteiger partial charge in [-0.1, -0.05) is 29.3 Å². The minimum atomic E-state index is 0.828. The lowest BCUT2D eigenvalue weighted by atomic mass is 9.87. The van der Waals surface area contributed by atoms with Crippen molar-refractivity contribution in [3.05, 3.63) is 40.4 Å². The molecule has 0 spiro atoms. The SMILES string of the molecule is Clc1ccc(C2=C(CN3CCNCC3)CCCC2)cc1. The molecule has 108 valence electrons. The first-order chi connectivity index (χ1) is 9.83.